The fourth-order valence-corrected chi connectivity index (χ4v) is 2.36. The predicted molar refractivity (Wildman–Crippen MR) is 103 cm³/mol. The molecule has 0 saturated carbocycles. The van der Waals surface area contributed by atoms with Crippen LogP contribution in [0.1, 0.15) is 39.2 Å². The highest BCUT2D eigenvalue weighted by Crippen LogP contribution is 2.33. The molecule has 0 aromatic heterocycles. The largest absolute Gasteiger partial charge is 0.490 e. The van der Waals surface area contributed by atoms with Gasteiger partial charge in [0.1, 0.15) is 0 Å². The van der Waals surface area contributed by atoms with E-state index in [0.717, 1.165) is 32.6 Å². The highest BCUT2D eigenvalue weighted by molar-refractivity contribution is 5.79. The molecule has 0 fully saturated rings. The standard InChI is InChI=1S/C19H31F2N3O3/c1-4-22-19(23-12-7-8-13-25-5-2)24-14-15-10-9-11-16(26-6-3)17(15)27-18(20)21/h9-11,18H,4-8,12-14H2,1-3H3,(H2,22,23,24). The summed E-state index contributed by atoms with van der Waals surface area (Å²) in [7, 11) is 0. The van der Waals surface area contributed by atoms with Gasteiger partial charge in [-0.15, -0.1) is 0 Å². The van der Waals surface area contributed by atoms with Crippen molar-refractivity contribution in [1.82, 2.24) is 10.6 Å². The molecule has 0 aliphatic heterocycles. The van der Waals surface area contributed by atoms with Crippen LogP contribution >= 0.6 is 0 Å². The van der Waals surface area contributed by atoms with E-state index in [4.69, 9.17) is 9.47 Å². The average molecular weight is 387 g/mol. The number of hydrogen-bond acceptors (Lipinski definition) is 4. The SMILES string of the molecule is CCNC(=NCc1cccc(OCC)c1OC(F)F)NCCCCOCC. The van der Waals surface area contributed by atoms with Crippen LogP contribution in [0.5, 0.6) is 11.5 Å². The van der Waals surface area contributed by atoms with Crippen LogP contribution in [-0.2, 0) is 11.3 Å². The van der Waals surface area contributed by atoms with Gasteiger partial charge in [0.25, 0.3) is 0 Å². The molecule has 2 N–H and O–H groups in total. The summed E-state index contributed by atoms with van der Waals surface area (Å²) in [6, 6.07) is 5.05. The third-order valence-electron chi connectivity index (χ3n) is 3.53. The first-order valence-corrected chi connectivity index (χ1v) is 9.41. The molecule has 1 rings (SSSR count). The van der Waals surface area contributed by atoms with E-state index < -0.39 is 6.61 Å². The van der Waals surface area contributed by atoms with Crippen molar-refractivity contribution in [1.29, 1.82) is 0 Å². The van der Waals surface area contributed by atoms with Gasteiger partial charge >= 0.3 is 6.61 Å². The Balaban J connectivity index is 2.75. The molecule has 0 atom stereocenters. The van der Waals surface area contributed by atoms with Gasteiger partial charge in [0.15, 0.2) is 17.5 Å². The molecule has 0 amide bonds. The fourth-order valence-electron chi connectivity index (χ4n) is 2.36. The Morgan fingerprint density at radius 1 is 1.11 bits per heavy atom. The van der Waals surface area contributed by atoms with E-state index in [9.17, 15) is 8.78 Å². The Hall–Kier alpha value is -2.09. The Kier molecular flexibility index (Phi) is 11.9. The Labute approximate surface area is 160 Å². The van der Waals surface area contributed by atoms with Crippen molar-refractivity contribution >= 4 is 5.96 Å². The van der Waals surface area contributed by atoms with E-state index in [2.05, 4.69) is 20.4 Å². The minimum atomic E-state index is -2.92. The minimum Gasteiger partial charge on any atom is -0.490 e. The molecule has 1 aromatic rings. The molecule has 0 bridgehead atoms. The van der Waals surface area contributed by atoms with Gasteiger partial charge in [0.2, 0.25) is 0 Å². The third kappa shape index (κ3) is 9.42. The van der Waals surface area contributed by atoms with Gasteiger partial charge in [0.05, 0.1) is 13.2 Å². The van der Waals surface area contributed by atoms with Crippen LogP contribution in [0.25, 0.3) is 0 Å². The van der Waals surface area contributed by atoms with Crippen molar-refractivity contribution in [2.75, 3.05) is 32.9 Å². The summed E-state index contributed by atoms with van der Waals surface area (Å²) in [6.07, 6.45) is 1.91. The first-order valence-electron chi connectivity index (χ1n) is 9.41. The lowest BCUT2D eigenvalue weighted by Crippen LogP contribution is -2.37. The normalized spacial score (nSPS) is 11.6. The zero-order valence-electron chi connectivity index (χ0n) is 16.4. The molecule has 0 aliphatic carbocycles. The smallest absolute Gasteiger partial charge is 0.387 e. The van der Waals surface area contributed by atoms with E-state index in [0.29, 0.717) is 30.4 Å². The highest BCUT2D eigenvalue weighted by Gasteiger charge is 2.15. The van der Waals surface area contributed by atoms with E-state index in [1.807, 2.05) is 13.8 Å². The summed E-state index contributed by atoms with van der Waals surface area (Å²) in [5.74, 6) is 0.948. The maximum Gasteiger partial charge on any atom is 0.387 e. The van der Waals surface area contributed by atoms with Crippen LogP contribution in [0, 0.1) is 0 Å². The van der Waals surface area contributed by atoms with Gasteiger partial charge in [-0.05, 0) is 39.7 Å². The number of guanidine groups is 1. The summed E-state index contributed by atoms with van der Waals surface area (Å²) in [4.78, 5) is 4.47. The van der Waals surface area contributed by atoms with Crippen LogP contribution < -0.4 is 20.1 Å². The van der Waals surface area contributed by atoms with E-state index in [1.54, 1.807) is 25.1 Å². The molecule has 8 heteroatoms. The van der Waals surface area contributed by atoms with Crippen LogP contribution in [0.3, 0.4) is 0 Å². The lowest BCUT2D eigenvalue weighted by molar-refractivity contribution is -0.0520. The predicted octanol–water partition coefficient (Wildman–Crippen LogP) is 3.56. The average Bonchev–Trinajstić information content (AvgIpc) is 2.64. The number of benzene rings is 1. The zero-order chi connectivity index (χ0) is 19.9. The summed E-state index contributed by atoms with van der Waals surface area (Å²) < 4.78 is 41.0. The van der Waals surface area contributed by atoms with E-state index in [1.165, 1.54) is 0 Å². The number of rotatable bonds is 13. The molecule has 0 radical (unpaired) electrons. The second kappa shape index (κ2) is 14.0. The maximum atomic E-state index is 12.8. The second-order valence-electron chi connectivity index (χ2n) is 5.58. The van der Waals surface area contributed by atoms with Crippen molar-refractivity contribution in [3.05, 3.63) is 23.8 Å². The molecule has 1 aromatic carbocycles. The monoisotopic (exact) mass is 387 g/mol. The van der Waals surface area contributed by atoms with Crippen molar-refractivity contribution in [2.24, 2.45) is 4.99 Å². The van der Waals surface area contributed by atoms with Crippen molar-refractivity contribution in [3.63, 3.8) is 0 Å². The molecule has 154 valence electrons. The molecule has 0 heterocycles. The summed E-state index contributed by atoms with van der Waals surface area (Å²) in [5.41, 5.74) is 0.537. The molecule has 0 saturated heterocycles. The Morgan fingerprint density at radius 2 is 1.93 bits per heavy atom. The Morgan fingerprint density at radius 3 is 2.59 bits per heavy atom. The number of aliphatic imine (C=N–C) groups is 1. The number of ether oxygens (including phenoxy) is 3. The Bertz CT molecular complexity index is 557. The number of nitrogens with zero attached hydrogens (tertiary/aromatic N) is 1. The summed E-state index contributed by atoms with van der Waals surface area (Å²) in [6.45, 7) is 6.26. The van der Waals surface area contributed by atoms with Gasteiger partial charge in [-0.1, -0.05) is 12.1 Å². The second-order valence-corrected chi connectivity index (χ2v) is 5.58. The zero-order valence-corrected chi connectivity index (χ0v) is 16.4. The van der Waals surface area contributed by atoms with E-state index >= 15 is 0 Å². The highest BCUT2D eigenvalue weighted by atomic mass is 19.3. The first kappa shape index (κ1) is 23.0. The van der Waals surface area contributed by atoms with Crippen molar-refractivity contribution in [2.45, 2.75) is 46.8 Å². The minimum absolute atomic E-state index is 0.0330. The number of unbranched alkanes of at least 4 members (excludes halogenated alkanes) is 1. The van der Waals surface area contributed by atoms with Gasteiger partial charge in [0, 0.05) is 31.9 Å². The molecular weight excluding hydrogens is 356 g/mol. The quantitative estimate of drug-likeness (QED) is 0.308. The van der Waals surface area contributed by atoms with Crippen molar-refractivity contribution in [3.8, 4) is 11.5 Å². The van der Waals surface area contributed by atoms with Crippen LogP contribution in [0.4, 0.5) is 8.78 Å². The van der Waals surface area contributed by atoms with E-state index in [-0.39, 0.29) is 12.3 Å². The molecule has 0 aliphatic rings. The fraction of sp³-hybridized carbons (Fsp3) is 0.632. The number of para-hydroxylation sites is 1. The molecule has 27 heavy (non-hydrogen) atoms. The summed E-state index contributed by atoms with van der Waals surface area (Å²) >= 11 is 0. The number of halogens is 2. The number of hydrogen-bond donors (Lipinski definition) is 2. The lowest BCUT2D eigenvalue weighted by Gasteiger charge is -2.15. The molecule has 0 spiro atoms. The number of nitrogens with one attached hydrogen (secondary N) is 2. The molecular formula is C19H31F2N3O3. The van der Waals surface area contributed by atoms with Gasteiger partial charge in [-0.2, -0.15) is 8.78 Å². The number of alkyl halides is 2. The van der Waals surface area contributed by atoms with Crippen molar-refractivity contribution < 1.29 is 23.0 Å². The van der Waals surface area contributed by atoms with Gasteiger partial charge < -0.3 is 24.8 Å². The third-order valence-corrected chi connectivity index (χ3v) is 3.53. The van der Waals surface area contributed by atoms with Crippen LogP contribution in [-0.4, -0.2) is 45.5 Å². The van der Waals surface area contributed by atoms with Gasteiger partial charge in [-0.3, -0.25) is 0 Å². The molecule has 6 nitrogen and oxygen atoms in total. The lowest BCUT2D eigenvalue weighted by atomic mass is 10.2. The maximum absolute atomic E-state index is 12.8. The summed E-state index contributed by atoms with van der Waals surface area (Å²) in [5, 5.41) is 6.37. The van der Waals surface area contributed by atoms with Crippen LogP contribution in [0.15, 0.2) is 23.2 Å². The topological polar surface area (TPSA) is 64.1 Å². The molecule has 0 unspecified atom stereocenters. The first-order chi connectivity index (χ1) is 13.1. The van der Waals surface area contributed by atoms with Crippen LogP contribution in [0.2, 0.25) is 0 Å². The van der Waals surface area contributed by atoms with Gasteiger partial charge in [-0.25, -0.2) is 4.99 Å².